The van der Waals surface area contributed by atoms with Crippen molar-refractivity contribution in [2.75, 3.05) is 16.4 Å². The van der Waals surface area contributed by atoms with E-state index in [2.05, 4.69) is 10.3 Å². The molecule has 0 aliphatic carbocycles. The number of esters is 1. The van der Waals surface area contributed by atoms with Crippen molar-refractivity contribution in [2.24, 2.45) is 5.92 Å². The van der Waals surface area contributed by atoms with Crippen molar-refractivity contribution < 1.29 is 33.8 Å². The summed E-state index contributed by atoms with van der Waals surface area (Å²) in [6.45, 7) is 7.54. The number of aryl methyl sites for hydroxylation is 1. The Morgan fingerprint density at radius 2 is 1.88 bits per heavy atom. The van der Waals surface area contributed by atoms with Gasteiger partial charge in [-0.15, -0.1) is 5.10 Å². The highest BCUT2D eigenvalue weighted by molar-refractivity contribution is 6.71. The van der Waals surface area contributed by atoms with Crippen molar-refractivity contribution in [3.8, 4) is 0 Å². The van der Waals surface area contributed by atoms with Gasteiger partial charge < -0.3 is 24.3 Å². The second-order valence-corrected chi connectivity index (χ2v) is 18.9. The molecular weight excluding hydrogens is 702 g/mol. The molecule has 2 amide bonds. The van der Waals surface area contributed by atoms with Crippen LogP contribution in [0.15, 0.2) is 79.0 Å². The molecule has 3 aliphatic heterocycles. The quantitative estimate of drug-likeness (QED) is 0.121. The highest BCUT2D eigenvalue weighted by atomic mass is 35.5. The molecule has 1 aromatic heterocycles. The molecule has 2 N–H and O–H groups in total. The first-order valence-electron chi connectivity index (χ1n) is 17.5. The molecule has 52 heavy (non-hydrogen) atoms. The van der Waals surface area contributed by atoms with Crippen LogP contribution in [-0.4, -0.2) is 69.9 Å². The van der Waals surface area contributed by atoms with Crippen LogP contribution in [0.5, 0.6) is 0 Å². The molecule has 2 saturated heterocycles. The molecule has 12 nitrogen and oxygen atoms in total. The number of rotatable bonds is 11. The number of aliphatic hydroxyl groups is 1. The number of aromatic nitrogens is 3. The maximum atomic E-state index is 14.9. The normalized spacial score (nSPS) is 24.7. The standard InChI is InChI=1S/C38H42ClN5O7Si/c1-23-36(52(3,4)49)33(15-16-42-21-31(40-41-42)29(22-45)26-10-6-5-7-11-26)51-38(23)30-18-27(39)13-14-32(30)43(37(38)48)20-25-9-8-12-28(17-25)44-34(47)19-35(44)50-24(2)46/h5-14,17-18,21,23,29,33,35-36,45,49H,15-16,19-20,22H2,1-4H3/t23-,29?,33+,35?,36-,38+/m0/s1. The fraction of sp³-hybridized carbons (Fsp3) is 0.395. The van der Waals surface area contributed by atoms with E-state index in [1.165, 1.54) is 11.8 Å². The Bertz CT molecular complexity index is 2000. The van der Waals surface area contributed by atoms with Gasteiger partial charge in [0.2, 0.25) is 5.91 Å². The predicted molar refractivity (Wildman–Crippen MR) is 196 cm³/mol. The number of aliphatic hydroxyl groups excluding tert-OH is 1. The minimum absolute atomic E-state index is 0.113. The van der Waals surface area contributed by atoms with E-state index in [0.717, 1.165) is 11.1 Å². The number of benzene rings is 3. The van der Waals surface area contributed by atoms with Crippen LogP contribution in [0, 0.1) is 5.92 Å². The van der Waals surface area contributed by atoms with Gasteiger partial charge >= 0.3 is 5.97 Å². The first-order chi connectivity index (χ1) is 24.8. The van der Waals surface area contributed by atoms with Gasteiger partial charge in [-0.1, -0.05) is 66.2 Å². The van der Waals surface area contributed by atoms with E-state index in [-0.39, 0.29) is 42.8 Å². The van der Waals surface area contributed by atoms with Crippen molar-refractivity contribution in [3.63, 3.8) is 0 Å². The third kappa shape index (κ3) is 6.34. The lowest BCUT2D eigenvalue weighted by atomic mass is 9.82. The number of amides is 2. The summed E-state index contributed by atoms with van der Waals surface area (Å²) in [5.41, 5.74) is 2.54. The summed E-state index contributed by atoms with van der Waals surface area (Å²) in [4.78, 5) is 53.9. The van der Waals surface area contributed by atoms with Gasteiger partial charge in [0.1, 0.15) is 0 Å². The van der Waals surface area contributed by atoms with Gasteiger partial charge in [-0.3, -0.25) is 24.0 Å². The number of ether oxygens (including phenoxy) is 2. The van der Waals surface area contributed by atoms with Crippen LogP contribution >= 0.6 is 11.6 Å². The molecule has 6 atom stereocenters. The lowest BCUT2D eigenvalue weighted by molar-refractivity contribution is -0.154. The number of hydrogen-bond acceptors (Lipinski definition) is 9. The molecule has 1 spiro atoms. The third-order valence-electron chi connectivity index (χ3n) is 10.6. The first kappa shape index (κ1) is 36.0. The molecule has 2 fully saturated rings. The Hall–Kier alpha value is -4.40. The van der Waals surface area contributed by atoms with E-state index in [1.54, 1.807) is 33.8 Å². The highest BCUT2D eigenvalue weighted by Gasteiger charge is 2.66. The van der Waals surface area contributed by atoms with Crippen LogP contribution in [-0.2, 0) is 42.5 Å². The second kappa shape index (κ2) is 13.9. The van der Waals surface area contributed by atoms with Crippen LogP contribution in [0.25, 0.3) is 0 Å². The molecule has 0 bridgehead atoms. The number of fused-ring (bicyclic) bond motifs is 2. The zero-order valence-electron chi connectivity index (χ0n) is 29.5. The highest BCUT2D eigenvalue weighted by Crippen LogP contribution is 2.60. The van der Waals surface area contributed by atoms with E-state index in [0.29, 0.717) is 40.6 Å². The Kier molecular flexibility index (Phi) is 9.59. The summed E-state index contributed by atoms with van der Waals surface area (Å²) in [6, 6.07) is 22.3. The van der Waals surface area contributed by atoms with Crippen molar-refractivity contribution in [1.29, 1.82) is 0 Å². The molecule has 0 radical (unpaired) electrons. The molecule has 2 unspecified atom stereocenters. The number of carbonyl (C=O) groups is 3. The van der Waals surface area contributed by atoms with Gasteiger partial charge in [0.25, 0.3) is 5.91 Å². The second-order valence-electron chi connectivity index (χ2n) is 14.5. The maximum absolute atomic E-state index is 14.9. The van der Waals surface area contributed by atoms with Gasteiger partial charge in [-0.05, 0) is 61.0 Å². The van der Waals surface area contributed by atoms with Gasteiger partial charge in [-0.2, -0.15) is 0 Å². The number of halogens is 1. The summed E-state index contributed by atoms with van der Waals surface area (Å²) >= 11 is 6.58. The fourth-order valence-electron chi connectivity index (χ4n) is 8.34. The molecule has 4 heterocycles. The fourth-order valence-corrected chi connectivity index (χ4v) is 11.1. The van der Waals surface area contributed by atoms with E-state index >= 15 is 0 Å². The predicted octanol–water partition coefficient (Wildman–Crippen LogP) is 5.12. The van der Waals surface area contributed by atoms with E-state index in [4.69, 9.17) is 21.1 Å². The van der Waals surface area contributed by atoms with Gasteiger partial charge in [0, 0.05) is 47.4 Å². The number of hydrogen-bond donors (Lipinski definition) is 2. The Morgan fingerprint density at radius 1 is 1.12 bits per heavy atom. The monoisotopic (exact) mass is 743 g/mol. The summed E-state index contributed by atoms with van der Waals surface area (Å²) in [5.74, 6) is -1.59. The largest absolute Gasteiger partial charge is 0.441 e. The zero-order valence-corrected chi connectivity index (χ0v) is 31.2. The van der Waals surface area contributed by atoms with Gasteiger partial charge in [0.05, 0.1) is 43.0 Å². The minimum atomic E-state index is -2.93. The lowest BCUT2D eigenvalue weighted by Gasteiger charge is -2.39. The Morgan fingerprint density at radius 3 is 2.58 bits per heavy atom. The number of carbonyl (C=O) groups excluding carboxylic acids is 3. The van der Waals surface area contributed by atoms with Crippen LogP contribution in [0.2, 0.25) is 23.7 Å². The zero-order chi connectivity index (χ0) is 36.9. The molecule has 3 aromatic carbocycles. The molecule has 272 valence electrons. The van der Waals surface area contributed by atoms with E-state index in [9.17, 15) is 24.3 Å². The Labute approximate surface area is 308 Å². The van der Waals surface area contributed by atoms with Crippen LogP contribution in [0.4, 0.5) is 11.4 Å². The Balaban J connectivity index is 1.16. The number of nitrogens with zero attached hydrogens (tertiary/aromatic N) is 5. The van der Waals surface area contributed by atoms with Crippen molar-refractivity contribution in [2.45, 2.75) is 82.3 Å². The average Bonchev–Trinajstić information content (AvgIpc) is 3.74. The summed E-state index contributed by atoms with van der Waals surface area (Å²) in [6.07, 6.45) is 1.25. The van der Waals surface area contributed by atoms with E-state index < -0.39 is 38.1 Å². The molecular formula is C38H42ClN5O7Si. The van der Waals surface area contributed by atoms with Crippen LogP contribution in [0.1, 0.15) is 55.0 Å². The number of anilines is 2. The molecule has 0 saturated carbocycles. The van der Waals surface area contributed by atoms with E-state index in [1.807, 2.05) is 74.7 Å². The number of β-lactam (4-membered cyclic amide) rings is 1. The van der Waals surface area contributed by atoms with Crippen LogP contribution in [0.3, 0.4) is 0 Å². The van der Waals surface area contributed by atoms with Crippen molar-refractivity contribution in [3.05, 3.63) is 106 Å². The van der Waals surface area contributed by atoms with Crippen LogP contribution < -0.4 is 9.80 Å². The van der Waals surface area contributed by atoms with Crippen molar-refractivity contribution >= 4 is 49.1 Å². The SMILES string of the molecule is CC(=O)OC1CC(=O)N1c1cccc(CN2C(=O)[C@]3(O[C@H](CCn4cc(C(CO)c5ccccc5)nn4)[C@@H]([Si](C)(C)O)[C@@H]3C)c3cc(Cl)ccc32)c1. The van der Waals surface area contributed by atoms with Crippen molar-refractivity contribution in [1.82, 2.24) is 15.0 Å². The molecule has 4 aromatic rings. The maximum Gasteiger partial charge on any atom is 0.304 e. The summed E-state index contributed by atoms with van der Waals surface area (Å²) in [7, 11) is -2.93. The molecule has 14 heteroatoms. The van der Waals surface area contributed by atoms with Gasteiger partial charge in [-0.25, -0.2) is 0 Å². The topological polar surface area (TPSA) is 147 Å². The molecule has 3 aliphatic rings. The molecule has 7 rings (SSSR count). The summed E-state index contributed by atoms with van der Waals surface area (Å²) in [5, 5.41) is 19.3. The average molecular weight is 744 g/mol. The minimum Gasteiger partial charge on any atom is -0.441 e. The first-order valence-corrected chi connectivity index (χ1v) is 20.9. The smallest absolute Gasteiger partial charge is 0.304 e. The third-order valence-corrected chi connectivity index (χ3v) is 13.4. The lowest BCUT2D eigenvalue weighted by Crippen LogP contribution is -2.54. The summed E-state index contributed by atoms with van der Waals surface area (Å²) < 4.78 is 14.0. The van der Waals surface area contributed by atoms with Gasteiger partial charge in [0.15, 0.2) is 20.1 Å².